The van der Waals surface area contributed by atoms with Gasteiger partial charge in [0.1, 0.15) is 5.69 Å². The Hall–Kier alpha value is -2.58. The van der Waals surface area contributed by atoms with E-state index in [1.165, 1.54) is 24.1 Å². The van der Waals surface area contributed by atoms with Crippen LogP contribution < -0.4 is 10.9 Å². The van der Waals surface area contributed by atoms with Crippen LogP contribution in [0.15, 0.2) is 29.3 Å². The summed E-state index contributed by atoms with van der Waals surface area (Å²) < 4.78 is 3.46. The average molecular weight is 407 g/mol. The number of thiazole rings is 1. The van der Waals surface area contributed by atoms with E-state index in [9.17, 15) is 4.79 Å². The van der Waals surface area contributed by atoms with Gasteiger partial charge in [0, 0.05) is 22.7 Å². The van der Waals surface area contributed by atoms with Gasteiger partial charge in [-0.1, -0.05) is 0 Å². The summed E-state index contributed by atoms with van der Waals surface area (Å²) in [5, 5.41) is 8.31. The maximum Gasteiger partial charge on any atom is 0.259 e. The first-order valence-corrected chi connectivity index (χ1v) is 10.9. The van der Waals surface area contributed by atoms with Crippen LogP contribution in [0.3, 0.4) is 0 Å². The Morgan fingerprint density at radius 3 is 2.86 bits per heavy atom. The molecule has 4 aromatic heterocycles. The zero-order valence-electron chi connectivity index (χ0n) is 16.5. The van der Waals surface area contributed by atoms with E-state index in [1.54, 1.807) is 26.3 Å². The predicted molar refractivity (Wildman–Crippen MR) is 113 cm³/mol. The van der Waals surface area contributed by atoms with E-state index in [-0.39, 0.29) is 5.56 Å². The van der Waals surface area contributed by atoms with Gasteiger partial charge in [-0.25, -0.2) is 14.5 Å². The number of nitrogens with one attached hydrogen (secondary N) is 1. The van der Waals surface area contributed by atoms with Gasteiger partial charge in [0.2, 0.25) is 0 Å². The van der Waals surface area contributed by atoms with Gasteiger partial charge in [-0.3, -0.25) is 9.20 Å². The van der Waals surface area contributed by atoms with E-state index in [1.807, 2.05) is 32.3 Å². The molecule has 2 aliphatic rings. The summed E-state index contributed by atoms with van der Waals surface area (Å²) in [7, 11) is 0. The van der Waals surface area contributed by atoms with Crippen LogP contribution in [0.1, 0.15) is 47.7 Å². The number of fused-ring (bicyclic) bond motifs is 2. The molecule has 5 heterocycles. The molecule has 29 heavy (non-hydrogen) atoms. The second-order valence-corrected chi connectivity index (χ2v) is 9.57. The van der Waals surface area contributed by atoms with Gasteiger partial charge in [-0.15, -0.1) is 11.3 Å². The van der Waals surface area contributed by atoms with Crippen LogP contribution in [0.4, 0.5) is 0 Å². The number of rotatable bonds is 2. The van der Waals surface area contributed by atoms with Gasteiger partial charge >= 0.3 is 0 Å². The standard InChI is InChI=1S/C21H22N6OS/c1-12-7-16(25-27-10-13(2)23-19(12)27)15-8-18(28)26-11-17(29-20(26)24-15)14-3-6-22-21(9-14)4-5-21/h7-8,10-11,14,22H,3-6,9H2,1-2H3. The van der Waals surface area contributed by atoms with Crippen molar-refractivity contribution in [3.8, 4) is 11.4 Å². The minimum atomic E-state index is -0.0519. The number of imidazole rings is 1. The highest BCUT2D eigenvalue weighted by atomic mass is 32.1. The molecule has 1 saturated carbocycles. The predicted octanol–water partition coefficient (Wildman–Crippen LogP) is 3.08. The van der Waals surface area contributed by atoms with Gasteiger partial charge in [0.25, 0.3) is 5.56 Å². The monoisotopic (exact) mass is 406 g/mol. The zero-order chi connectivity index (χ0) is 19.8. The van der Waals surface area contributed by atoms with Crippen molar-refractivity contribution in [3.05, 3.63) is 51.0 Å². The molecule has 1 aliphatic carbocycles. The molecular formula is C21H22N6OS. The Morgan fingerprint density at radius 1 is 1.17 bits per heavy atom. The molecule has 1 spiro atoms. The Kier molecular flexibility index (Phi) is 3.56. The third-order valence-electron chi connectivity index (χ3n) is 6.26. The van der Waals surface area contributed by atoms with Gasteiger partial charge in [0.05, 0.1) is 17.6 Å². The van der Waals surface area contributed by atoms with E-state index in [4.69, 9.17) is 4.98 Å². The lowest BCUT2D eigenvalue weighted by Crippen LogP contribution is -2.39. The van der Waals surface area contributed by atoms with Crippen LogP contribution >= 0.6 is 11.3 Å². The number of piperidine rings is 1. The smallest absolute Gasteiger partial charge is 0.259 e. The molecular weight excluding hydrogens is 384 g/mol. The van der Waals surface area contributed by atoms with Crippen molar-refractivity contribution in [2.45, 2.75) is 51.0 Å². The minimum absolute atomic E-state index is 0.0519. The second kappa shape index (κ2) is 5.96. The fourth-order valence-electron chi connectivity index (χ4n) is 4.54. The number of nitrogens with zero attached hydrogens (tertiary/aromatic N) is 5. The first-order valence-electron chi connectivity index (χ1n) is 10.1. The van der Waals surface area contributed by atoms with Crippen LogP contribution in [0.5, 0.6) is 0 Å². The number of hydrogen-bond donors (Lipinski definition) is 1. The van der Waals surface area contributed by atoms with Crippen LogP contribution in [0, 0.1) is 13.8 Å². The molecule has 1 unspecified atom stereocenters. The highest BCUT2D eigenvalue weighted by Crippen LogP contribution is 2.47. The van der Waals surface area contributed by atoms with E-state index in [0.29, 0.717) is 22.8 Å². The van der Waals surface area contributed by atoms with Crippen molar-refractivity contribution in [1.82, 2.24) is 29.3 Å². The van der Waals surface area contributed by atoms with E-state index in [0.717, 1.165) is 34.8 Å². The molecule has 0 radical (unpaired) electrons. The van der Waals surface area contributed by atoms with Crippen LogP contribution in [0.25, 0.3) is 22.0 Å². The minimum Gasteiger partial charge on any atom is -0.311 e. The highest BCUT2D eigenvalue weighted by Gasteiger charge is 2.46. The first-order chi connectivity index (χ1) is 14.0. The van der Waals surface area contributed by atoms with Crippen molar-refractivity contribution in [2.24, 2.45) is 0 Å². The molecule has 1 aliphatic heterocycles. The maximum absolute atomic E-state index is 12.8. The van der Waals surface area contributed by atoms with Crippen molar-refractivity contribution < 1.29 is 0 Å². The average Bonchev–Trinajstić information content (AvgIpc) is 3.13. The molecule has 0 amide bonds. The summed E-state index contributed by atoms with van der Waals surface area (Å²) in [6.07, 6.45) is 8.74. The van der Waals surface area contributed by atoms with Gasteiger partial charge in [-0.2, -0.15) is 5.10 Å². The Morgan fingerprint density at radius 2 is 2.03 bits per heavy atom. The summed E-state index contributed by atoms with van der Waals surface area (Å²) in [6.45, 7) is 5.01. The molecule has 0 aromatic carbocycles. The Balaban J connectivity index is 1.43. The van der Waals surface area contributed by atoms with Crippen LogP contribution in [-0.2, 0) is 0 Å². The van der Waals surface area contributed by atoms with E-state index >= 15 is 0 Å². The Labute approximate surface area is 171 Å². The highest BCUT2D eigenvalue weighted by molar-refractivity contribution is 7.17. The SMILES string of the molecule is Cc1cn2nc(-c3cc(=O)n4cc(C5CCNC6(CC6)C5)sc4n3)cc(C)c2n1. The quantitative estimate of drug-likeness (QED) is 0.554. The molecule has 7 nitrogen and oxygen atoms in total. The molecule has 1 N–H and O–H groups in total. The van der Waals surface area contributed by atoms with Gasteiger partial charge in [0.15, 0.2) is 10.6 Å². The van der Waals surface area contributed by atoms with Gasteiger partial charge in [-0.05, 0) is 63.6 Å². The first kappa shape index (κ1) is 17.3. The molecule has 2 fully saturated rings. The molecule has 1 atom stereocenters. The van der Waals surface area contributed by atoms with Crippen molar-refractivity contribution in [2.75, 3.05) is 6.54 Å². The molecule has 6 rings (SSSR count). The number of hydrogen-bond acceptors (Lipinski definition) is 6. The van der Waals surface area contributed by atoms with Crippen molar-refractivity contribution in [3.63, 3.8) is 0 Å². The lowest BCUT2D eigenvalue weighted by atomic mass is 9.90. The molecule has 0 bridgehead atoms. The number of aromatic nitrogens is 5. The van der Waals surface area contributed by atoms with E-state index < -0.39 is 0 Å². The topological polar surface area (TPSA) is 76.6 Å². The largest absolute Gasteiger partial charge is 0.311 e. The second-order valence-electron chi connectivity index (χ2n) is 8.53. The molecule has 4 aromatic rings. The third kappa shape index (κ3) is 2.81. The van der Waals surface area contributed by atoms with Gasteiger partial charge < -0.3 is 5.32 Å². The Bertz CT molecular complexity index is 1330. The zero-order valence-corrected chi connectivity index (χ0v) is 17.3. The summed E-state index contributed by atoms with van der Waals surface area (Å²) >= 11 is 1.64. The van der Waals surface area contributed by atoms with Crippen molar-refractivity contribution in [1.29, 1.82) is 0 Å². The maximum atomic E-state index is 12.8. The third-order valence-corrected chi connectivity index (χ3v) is 7.41. The fraction of sp³-hybridized carbons (Fsp3) is 0.429. The summed E-state index contributed by atoms with van der Waals surface area (Å²) in [5.74, 6) is 0.513. The van der Waals surface area contributed by atoms with E-state index in [2.05, 4.69) is 15.4 Å². The summed E-state index contributed by atoms with van der Waals surface area (Å²) in [4.78, 5) is 24.1. The normalized spacial score (nSPS) is 20.7. The fourth-order valence-corrected chi connectivity index (χ4v) is 5.66. The van der Waals surface area contributed by atoms with Crippen LogP contribution in [-0.4, -0.2) is 36.1 Å². The number of aryl methyl sites for hydroxylation is 2. The molecule has 8 heteroatoms. The molecule has 148 valence electrons. The van der Waals surface area contributed by atoms with Crippen LogP contribution in [0.2, 0.25) is 0 Å². The molecule has 1 saturated heterocycles. The summed E-state index contributed by atoms with van der Waals surface area (Å²) in [6, 6.07) is 3.55. The lowest BCUT2D eigenvalue weighted by molar-refractivity contribution is 0.348. The van der Waals surface area contributed by atoms with Crippen molar-refractivity contribution >= 4 is 21.9 Å². The summed E-state index contributed by atoms with van der Waals surface area (Å²) in [5.41, 5.74) is 4.39. The lowest BCUT2D eigenvalue weighted by Gasteiger charge is -2.29.